The number of amides is 3. The Morgan fingerprint density at radius 1 is 1.26 bits per heavy atom. The Kier molecular flexibility index (Phi) is 8.78. The fourth-order valence-electron chi connectivity index (χ4n) is 3.60. The lowest BCUT2D eigenvalue weighted by Crippen LogP contribution is -2.38. The van der Waals surface area contributed by atoms with Gasteiger partial charge < -0.3 is 10.6 Å². The number of pyridine rings is 1. The zero-order valence-corrected chi connectivity index (χ0v) is 23.7. The van der Waals surface area contributed by atoms with E-state index in [2.05, 4.69) is 58.1 Å². The van der Waals surface area contributed by atoms with Crippen LogP contribution in [0, 0.1) is 17.2 Å². The van der Waals surface area contributed by atoms with Gasteiger partial charge in [0.25, 0.3) is 11.8 Å². The second kappa shape index (κ2) is 12.0. The Labute approximate surface area is 239 Å². The predicted octanol–water partition coefficient (Wildman–Crippen LogP) is 4.15. The van der Waals surface area contributed by atoms with Crippen LogP contribution in [0.2, 0.25) is 5.02 Å². The van der Waals surface area contributed by atoms with Crippen LogP contribution < -0.4 is 16.1 Å². The number of carbonyl (C=O) groups is 3. The maximum Gasteiger partial charge on any atom is 0.277 e. The molecule has 1 unspecified atom stereocenters. The van der Waals surface area contributed by atoms with Crippen molar-refractivity contribution in [3.8, 4) is 11.9 Å². The number of halogens is 3. The van der Waals surface area contributed by atoms with Gasteiger partial charge in [0.15, 0.2) is 12.4 Å². The van der Waals surface area contributed by atoms with Crippen LogP contribution in [0.1, 0.15) is 46.2 Å². The highest BCUT2D eigenvalue weighted by molar-refractivity contribution is 9.10. The van der Waals surface area contributed by atoms with E-state index >= 15 is 0 Å². The van der Waals surface area contributed by atoms with Gasteiger partial charge in [-0.1, -0.05) is 11.6 Å². The van der Waals surface area contributed by atoms with Crippen molar-refractivity contribution in [2.24, 2.45) is 5.92 Å². The number of carbonyl (C=O) groups excluding carboxylic acids is 3. The average Bonchev–Trinajstić information content (AvgIpc) is 3.66. The molecule has 38 heavy (non-hydrogen) atoms. The fraction of sp³-hybridized carbons (Fsp3) is 0.250. The van der Waals surface area contributed by atoms with E-state index in [-0.39, 0.29) is 49.8 Å². The number of anilines is 1. The number of benzene rings is 1. The third-order valence-corrected chi connectivity index (χ3v) is 6.95. The van der Waals surface area contributed by atoms with Gasteiger partial charge in [-0.2, -0.15) is 10.4 Å². The molecule has 1 aliphatic rings. The van der Waals surface area contributed by atoms with Crippen molar-refractivity contribution < 1.29 is 19.2 Å². The topological polar surface area (TPSA) is 151 Å². The van der Waals surface area contributed by atoms with E-state index in [0.717, 1.165) is 12.8 Å². The normalized spacial score (nSPS) is 13.3. The van der Waals surface area contributed by atoms with Crippen LogP contribution >= 0.6 is 43.5 Å². The Balaban J connectivity index is 1.53. The summed E-state index contributed by atoms with van der Waals surface area (Å²) in [5.74, 6) is -1.10. The molecule has 1 atom stereocenters. The minimum atomic E-state index is -0.774. The van der Waals surface area contributed by atoms with E-state index < -0.39 is 18.4 Å². The van der Waals surface area contributed by atoms with Crippen LogP contribution in [0.4, 0.5) is 5.69 Å². The SMILES string of the molecule is CC(NC(=O)CONC(=O)c1cc(C#N)cc(Br)c1NC(=O)c1cc(Br)nn1-c1ncccc1Cl)C1CC1. The molecule has 0 spiro atoms. The Hall–Kier alpha value is -3.31. The molecule has 3 aromatic rings. The van der Waals surface area contributed by atoms with Crippen molar-refractivity contribution in [3.05, 3.63) is 67.4 Å². The first-order chi connectivity index (χ1) is 18.2. The Bertz CT molecular complexity index is 1450. The Morgan fingerprint density at radius 3 is 2.71 bits per heavy atom. The highest BCUT2D eigenvalue weighted by Crippen LogP contribution is 2.32. The number of nitrogens with one attached hydrogen (secondary N) is 3. The molecule has 1 aromatic carbocycles. The van der Waals surface area contributed by atoms with Gasteiger partial charge in [-0.15, -0.1) is 0 Å². The molecule has 14 heteroatoms. The van der Waals surface area contributed by atoms with Crippen molar-refractivity contribution in [1.29, 1.82) is 5.26 Å². The summed E-state index contributed by atoms with van der Waals surface area (Å²) in [7, 11) is 0. The largest absolute Gasteiger partial charge is 0.351 e. The molecular formula is C24H20Br2ClN7O4. The highest BCUT2D eigenvalue weighted by atomic mass is 79.9. The molecule has 4 rings (SSSR count). The molecule has 2 aromatic heterocycles. The fourth-order valence-corrected chi connectivity index (χ4v) is 4.73. The van der Waals surface area contributed by atoms with Gasteiger partial charge in [0, 0.05) is 22.8 Å². The lowest BCUT2D eigenvalue weighted by molar-refractivity contribution is -0.128. The molecule has 1 aliphatic carbocycles. The van der Waals surface area contributed by atoms with Gasteiger partial charge in [0.05, 0.1) is 27.9 Å². The number of rotatable bonds is 9. The number of hydrogen-bond donors (Lipinski definition) is 3. The van der Waals surface area contributed by atoms with Gasteiger partial charge in [0.1, 0.15) is 10.3 Å². The second-order valence-electron chi connectivity index (χ2n) is 8.43. The molecule has 11 nitrogen and oxygen atoms in total. The van der Waals surface area contributed by atoms with Crippen molar-refractivity contribution in [2.75, 3.05) is 11.9 Å². The summed E-state index contributed by atoms with van der Waals surface area (Å²) in [6, 6.07) is 9.43. The molecule has 3 N–H and O–H groups in total. The summed E-state index contributed by atoms with van der Waals surface area (Å²) in [6.07, 6.45) is 3.65. The van der Waals surface area contributed by atoms with Crippen LogP contribution in [-0.4, -0.2) is 45.1 Å². The van der Waals surface area contributed by atoms with Crippen LogP contribution in [0.3, 0.4) is 0 Å². The number of aromatic nitrogens is 3. The van der Waals surface area contributed by atoms with Gasteiger partial charge in [-0.05, 0) is 81.8 Å². The smallest absolute Gasteiger partial charge is 0.277 e. The van der Waals surface area contributed by atoms with Crippen LogP contribution in [-0.2, 0) is 9.63 Å². The van der Waals surface area contributed by atoms with Crippen LogP contribution in [0.5, 0.6) is 0 Å². The summed E-state index contributed by atoms with van der Waals surface area (Å²) in [5.41, 5.74) is 2.41. The first-order valence-corrected chi connectivity index (χ1v) is 13.3. The molecule has 0 saturated heterocycles. The van der Waals surface area contributed by atoms with E-state index in [0.29, 0.717) is 10.5 Å². The molecule has 196 valence electrons. The average molecular weight is 666 g/mol. The van der Waals surface area contributed by atoms with E-state index in [9.17, 15) is 19.6 Å². The summed E-state index contributed by atoms with van der Waals surface area (Å²) in [5, 5.41) is 19.4. The number of nitriles is 1. The zero-order valence-electron chi connectivity index (χ0n) is 19.8. The summed E-state index contributed by atoms with van der Waals surface area (Å²) in [6.45, 7) is 1.52. The molecule has 1 saturated carbocycles. The van der Waals surface area contributed by atoms with E-state index in [1.165, 1.54) is 29.1 Å². The number of hydroxylamine groups is 1. The number of nitrogens with zero attached hydrogens (tertiary/aromatic N) is 4. The molecule has 1 fully saturated rings. The lowest BCUT2D eigenvalue weighted by Gasteiger charge is -2.15. The highest BCUT2D eigenvalue weighted by Gasteiger charge is 2.29. The van der Waals surface area contributed by atoms with Gasteiger partial charge in [-0.3, -0.25) is 19.2 Å². The van der Waals surface area contributed by atoms with E-state index in [1.54, 1.807) is 12.1 Å². The summed E-state index contributed by atoms with van der Waals surface area (Å²) in [4.78, 5) is 47.6. The van der Waals surface area contributed by atoms with E-state index in [1.807, 2.05) is 13.0 Å². The molecular weight excluding hydrogens is 646 g/mol. The van der Waals surface area contributed by atoms with E-state index in [4.69, 9.17) is 16.4 Å². The van der Waals surface area contributed by atoms with Crippen molar-refractivity contribution in [3.63, 3.8) is 0 Å². The summed E-state index contributed by atoms with van der Waals surface area (Å²) < 4.78 is 1.87. The maximum absolute atomic E-state index is 13.3. The zero-order chi connectivity index (χ0) is 27.4. The van der Waals surface area contributed by atoms with Gasteiger partial charge >= 0.3 is 0 Å². The third-order valence-electron chi connectivity index (χ3n) is 5.64. The maximum atomic E-state index is 13.3. The first-order valence-electron chi connectivity index (χ1n) is 11.3. The van der Waals surface area contributed by atoms with Crippen LogP contribution in [0.15, 0.2) is 45.6 Å². The molecule has 3 amide bonds. The molecule has 0 bridgehead atoms. The third kappa shape index (κ3) is 6.57. The van der Waals surface area contributed by atoms with Crippen molar-refractivity contribution >= 4 is 66.9 Å². The molecule has 0 aliphatic heterocycles. The second-order valence-corrected chi connectivity index (χ2v) is 10.5. The van der Waals surface area contributed by atoms with Gasteiger partial charge in [0.2, 0.25) is 5.91 Å². The molecule has 0 radical (unpaired) electrons. The summed E-state index contributed by atoms with van der Waals surface area (Å²) >= 11 is 12.8. The van der Waals surface area contributed by atoms with Crippen molar-refractivity contribution in [2.45, 2.75) is 25.8 Å². The molecule has 2 heterocycles. The standard InChI is InChI=1S/C24H20Br2ClN7O4/c1-12(14-4-5-14)30-20(35)11-38-33-23(36)15-7-13(10-28)8-16(25)21(15)31-24(37)18-9-19(26)32-34(18)22-17(27)3-2-6-29-22/h2-3,6-9,12,14H,4-5,11H2,1H3,(H,30,35)(H,31,37)(H,33,36). The first kappa shape index (κ1) is 27.7. The van der Waals surface area contributed by atoms with Gasteiger partial charge in [-0.25, -0.2) is 15.1 Å². The monoisotopic (exact) mass is 663 g/mol. The van der Waals surface area contributed by atoms with Crippen LogP contribution in [0.25, 0.3) is 5.82 Å². The minimum absolute atomic E-state index is 0.0290. The lowest BCUT2D eigenvalue weighted by atomic mass is 10.1. The quantitative estimate of drug-likeness (QED) is 0.291. The minimum Gasteiger partial charge on any atom is -0.351 e. The number of hydrogen-bond acceptors (Lipinski definition) is 7. The Morgan fingerprint density at radius 2 is 2.03 bits per heavy atom. The van der Waals surface area contributed by atoms with Crippen molar-refractivity contribution in [1.82, 2.24) is 25.6 Å². The predicted molar refractivity (Wildman–Crippen MR) is 145 cm³/mol.